The van der Waals surface area contributed by atoms with Gasteiger partial charge in [-0.15, -0.1) is 0 Å². The number of H-pyrrole nitrogens is 1. The zero-order valence-corrected chi connectivity index (χ0v) is 22.0. The third kappa shape index (κ3) is 4.18. The first-order valence-corrected chi connectivity index (χ1v) is 14.7. The van der Waals surface area contributed by atoms with Crippen LogP contribution in [0.3, 0.4) is 0 Å². The molecule has 9 atom stereocenters. The fourth-order valence-corrected chi connectivity index (χ4v) is 6.67. The Balaban J connectivity index is 1.06. The lowest BCUT2D eigenvalue weighted by Crippen LogP contribution is -2.30. The van der Waals surface area contributed by atoms with E-state index in [9.17, 15) is 19.9 Å². The van der Waals surface area contributed by atoms with Gasteiger partial charge in [0.25, 0.3) is 5.56 Å². The first-order chi connectivity index (χ1) is 19.1. The number of rotatable bonds is 7. The molecule has 3 aliphatic rings. The van der Waals surface area contributed by atoms with Crippen LogP contribution >= 0.6 is 6.72 Å². The van der Waals surface area contributed by atoms with Crippen molar-refractivity contribution in [2.24, 2.45) is 5.92 Å². The lowest BCUT2D eigenvalue weighted by molar-refractivity contribution is -0.0664. The number of anilines is 2. The Morgan fingerprint density at radius 2 is 2.05 bits per heavy atom. The van der Waals surface area contributed by atoms with E-state index in [1.54, 1.807) is 0 Å². The molecule has 40 heavy (non-hydrogen) atoms. The fraction of sp³-hybridized carbons (Fsp3) is 0.500. The van der Waals surface area contributed by atoms with Crippen molar-refractivity contribution >= 4 is 47.1 Å². The molecule has 0 aromatic carbocycles. The van der Waals surface area contributed by atoms with Gasteiger partial charge in [-0.25, -0.2) is 19.5 Å². The Morgan fingerprint density at radius 1 is 1.23 bits per heavy atom. The molecule has 1 aliphatic carbocycles. The number of hydrogen-bond acceptors (Lipinski definition) is 15. The fourth-order valence-electron chi connectivity index (χ4n) is 5.24. The largest absolute Gasteiger partial charge is 0.390 e. The summed E-state index contributed by atoms with van der Waals surface area (Å²) in [6.45, 7) is -4.23. The normalized spacial score (nSPS) is 33.0. The summed E-state index contributed by atoms with van der Waals surface area (Å²) in [6, 6.07) is 0. The summed E-state index contributed by atoms with van der Waals surface area (Å²) in [6.07, 6.45) is -1.33. The van der Waals surface area contributed by atoms with Crippen molar-refractivity contribution in [3.8, 4) is 0 Å². The maximum atomic E-state index is 12.2. The molecule has 2 saturated heterocycles. The Morgan fingerprint density at radius 3 is 2.88 bits per heavy atom. The maximum absolute atomic E-state index is 12.2. The minimum absolute atomic E-state index is 0.0272. The number of aromatic amines is 1. The van der Waals surface area contributed by atoms with E-state index < -0.39 is 61.0 Å². The molecule has 3 unspecified atom stereocenters. The average molecular weight is 595 g/mol. The first kappa shape index (κ1) is 25.8. The van der Waals surface area contributed by atoms with Crippen LogP contribution in [0.5, 0.6) is 0 Å². The van der Waals surface area contributed by atoms with Crippen LogP contribution in [0.2, 0.25) is 0 Å². The van der Waals surface area contributed by atoms with Gasteiger partial charge in [-0.05, 0) is 11.8 Å². The molecule has 4 aromatic heterocycles. The number of aliphatic hydroxyl groups excluding tert-OH is 2. The summed E-state index contributed by atoms with van der Waals surface area (Å²) in [5.74, 6) is -0.435. The predicted octanol–water partition coefficient (Wildman–Crippen LogP) is -1.88. The van der Waals surface area contributed by atoms with Gasteiger partial charge in [-0.1, -0.05) is 0 Å². The van der Waals surface area contributed by atoms with Crippen molar-refractivity contribution in [3.63, 3.8) is 0 Å². The molecule has 3 fully saturated rings. The number of nitrogens with zero attached hydrogens (tertiary/aromatic N) is 7. The summed E-state index contributed by atoms with van der Waals surface area (Å²) in [5.41, 5.74) is 12.1. The molecule has 4 aromatic rings. The molecular weight excluding hydrogens is 571 g/mol. The molecule has 7 rings (SSSR count). The van der Waals surface area contributed by atoms with E-state index in [-0.39, 0.29) is 36.0 Å². The van der Waals surface area contributed by atoms with Crippen LogP contribution < -0.4 is 17.0 Å². The minimum Gasteiger partial charge on any atom is -0.390 e. The molecular formula is C20H23N10O8PS. The minimum atomic E-state index is -3.95. The van der Waals surface area contributed by atoms with Crippen molar-refractivity contribution in [1.29, 1.82) is 0 Å². The highest BCUT2D eigenvalue weighted by atomic mass is 32.5. The Bertz CT molecular complexity index is 1730. The molecule has 0 bridgehead atoms. The number of aliphatic hydroxyl groups is 2. The van der Waals surface area contributed by atoms with Crippen molar-refractivity contribution < 1.29 is 33.6 Å². The summed E-state index contributed by atoms with van der Waals surface area (Å²) in [4.78, 5) is 41.8. The summed E-state index contributed by atoms with van der Waals surface area (Å²) in [7, 11) is 0. The van der Waals surface area contributed by atoms with Crippen LogP contribution in [0, 0.1) is 5.92 Å². The second-order valence-electron chi connectivity index (χ2n) is 9.70. The quantitative estimate of drug-likeness (QED) is 0.128. The van der Waals surface area contributed by atoms with Crippen molar-refractivity contribution in [2.75, 3.05) is 18.1 Å². The number of nitrogen functional groups attached to an aromatic ring is 2. The lowest BCUT2D eigenvalue weighted by Gasteiger charge is -2.28. The topological polar surface area (TPSA) is 256 Å². The second-order valence-corrected chi connectivity index (χ2v) is 12.5. The van der Waals surface area contributed by atoms with Crippen LogP contribution in [-0.4, -0.2) is 91.3 Å². The molecule has 212 valence electrons. The van der Waals surface area contributed by atoms with Gasteiger partial charge < -0.3 is 45.1 Å². The molecule has 8 N–H and O–H groups in total. The van der Waals surface area contributed by atoms with Gasteiger partial charge in [-0.3, -0.25) is 14.3 Å². The van der Waals surface area contributed by atoms with E-state index in [2.05, 4.69) is 30.0 Å². The van der Waals surface area contributed by atoms with Crippen LogP contribution in [-0.2, 0) is 30.3 Å². The van der Waals surface area contributed by atoms with E-state index in [1.165, 1.54) is 27.9 Å². The molecule has 18 nitrogen and oxygen atoms in total. The van der Waals surface area contributed by atoms with E-state index in [1.807, 2.05) is 0 Å². The number of hydrogen-bond donors (Lipinski definition) is 6. The molecule has 0 amide bonds. The number of aromatic nitrogens is 8. The van der Waals surface area contributed by atoms with Gasteiger partial charge in [0.05, 0.1) is 43.1 Å². The predicted molar refractivity (Wildman–Crippen MR) is 137 cm³/mol. The number of nitrogens with two attached hydrogens (primary N) is 2. The number of ether oxygens (including phenoxy) is 2. The van der Waals surface area contributed by atoms with E-state index in [0.717, 1.165) is 0 Å². The zero-order chi connectivity index (χ0) is 27.9. The smallest absolute Gasteiger partial charge is 0.325 e. The van der Waals surface area contributed by atoms with E-state index in [0.29, 0.717) is 11.3 Å². The SMILES string of the molecule is Nc1nc2c(ncn2[C@@H]2O[C@@H]3C(O)C3[C@H]2OP(O)(=S)OC[C@H]2O[C@@H](c3cnc4c(N)ncnn34)C[C@@H]2O)c(=O)[nH]1. The van der Waals surface area contributed by atoms with Gasteiger partial charge >= 0.3 is 6.72 Å². The standard InChI is InChI=1S/C20H23N10O8PS/c21-15-17-23-2-6(30(17)26-4-24-15)8-1-7(31)9(36-8)3-35-39(34,40)38-14-10-12(32)13(10)37-19(14)29-5-25-11-16(29)27-20(22)28-18(11)33/h2,4-5,7-10,12-14,19,31-32H,1,3H2,(H,34,40)(H2,21,24,26)(H3,22,27,28,33)/t7-,8+,9+,10?,12?,13-,14+,19+,39?/m0/s1. The number of imidazole rings is 2. The second kappa shape index (κ2) is 9.20. The highest BCUT2D eigenvalue weighted by Crippen LogP contribution is 2.58. The Labute approximate surface area is 228 Å². The van der Waals surface area contributed by atoms with Crippen LogP contribution in [0.25, 0.3) is 16.8 Å². The Hall–Kier alpha value is -3.13. The molecule has 0 spiro atoms. The van der Waals surface area contributed by atoms with Crippen molar-refractivity contribution in [2.45, 2.75) is 49.3 Å². The maximum Gasteiger partial charge on any atom is 0.325 e. The van der Waals surface area contributed by atoms with Gasteiger partial charge in [0.1, 0.15) is 24.6 Å². The summed E-state index contributed by atoms with van der Waals surface area (Å²) >= 11 is 5.26. The summed E-state index contributed by atoms with van der Waals surface area (Å²) in [5, 5.41) is 25.0. The monoisotopic (exact) mass is 594 g/mol. The van der Waals surface area contributed by atoms with Gasteiger partial charge in [0.15, 0.2) is 28.9 Å². The highest BCUT2D eigenvalue weighted by Gasteiger charge is 2.66. The number of nitrogens with one attached hydrogen (secondary N) is 1. The third-order valence-corrected chi connectivity index (χ3v) is 8.78. The molecule has 0 radical (unpaired) electrons. The van der Waals surface area contributed by atoms with Gasteiger partial charge in [0.2, 0.25) is 5.95 Å². The lowest BCUT2D eigenvalue weighted by atomic mass is 10.1. The third-order valence-electron chi connectivity index (χ3n) is 7.22. The van der Waals surface area contributed by atoms with Crippen LogP contribution in [0.1, 0.15) is 24.4 Å². The Kier molecular flexibility index (Phi) is 5.93. The van der Waals surface area contributed by atoms with Crippen LogP contribution in [0.15, 0.2) is 23.6 Å². The first-order valence-electron chi connectivity index (χ1n) is 12.1. The zero-order valence-electron chi connectivity index (χ0n) is 20.3. The van der Waals surface area contributed by atoms with E-state index >= 15 is 0 Å². The van der Waals surface area contributed by atoms with Gasteiger partial charge in [-0.2, -0.15) is 10.1 Å². The molecule has 2 aliphatic heterocycles. The molecule has 20 heteroatoms. The van der Waals surface area contributed by atoms with Crippen molar-refractivity contribution in [1.82, 2.24) is 39.1 Å². The van der Waals surface area contributed by atoms with Gasteiger partial charge in [0, 0.05) is 12.3 Å². The molecule has 1 saturated carbocycles. The van der Waals surface area contributed by atoms with Crippen molar-refractivity contribution in [3.05, 3.63) is 34.9 Å². The molecule has 6 heterocycles. The summed E-state index contributed by atoms with van der Waals surface area (Å²) < 4.78 is 26.2. The van der Waals surface area contributed by atoms with E-state index in [4.69, 9.17) is 41.8 Å². The van der Waals surface area contributed by atoms with Crippen LogP contribution in [0.4, 0.5) is 11.8 Å². The number of fused-ring (bicyclic) bond motifs is 3. The highest BCUT2D eigenvalue weighted by molar-refractivity contribution is 8.07. The average Bonchev–Trinajstić information content (AvgIpc) is 3.41.